The molecule has 7 heteroatoms. The van der Waals surface area contributed by atoms with E-state index in [9.17, 15) is 19.5 Å². The number of amides is 1. The number of hydrogen-bond donors (Lipinski definition) is 1. The Labute approximate surface area is 179 Å². The van der Waals surface area contributed by atoms with Crippen molar-refractivity contribution in [1.29, 1.82) is 0 Å². The maximum atomic E-state index is 13.3. The number of Topliss-reactive ketones (excluding diaryl/α,β-unsaturated/α-hetero) is 1. The summed E-state index contributed by atoms with van der Waals surface area (Å²) < 4.78 is 0. The van der Waals surface area contributed by atoms with E-state index >= 15 is 0 Å². The standard InChI is InChI=1S/C23H21ClN2O4/c1-23(2)11-18-21(19(27)12-23)14(16-5-3-4-8-25-16)10-20(28)26(18)17-9-13(22(29)30)6-7-15(17)24/h3-9,14H,10-12H2,1-2H3,(H,29,30). The number of hydrogen-bond acceptors (Lipinski definition) is 4. The Morgan fingerprint density at radius 1 is 1.20 bits per heavy atom. The Bertz CT molecular complexity index is 1090. The van der Waals surface area contributed by atoms with Gasteiger partial charge in [-0.15, -0.1) is 0 Å². The normalized spacial score (nSPS) is 20.9. The Hall–Kier alpha value is -2.99. The van der Waals surface area contributed by atoms with Gasteiger partial charge >= 0.3 is 5.97 Å². The molecule has 2 aliphatic rings. The summed E-state index contributed by atoms with van der Waals surface area (Å²) in [5.74, 6) is -1.78. The maximum Gasteiger partial charge on any atom is 0.335 e. The van der Waals surface area contributed by atoms with Gasteiger partial charge in [-0.25, -0.2) is 4.79 Å². The maximum absolute atomic E-state index is 13.3. The molecule has 30 heavy (non-hydrogen) atoms. The second-order valence-electron chi connectivity index (χ2n) is 8.51. The lowest BCUT2D eigenvalue weighted by Gasteiger charge is -2.42. The number of aromatic nitrogens is 1. The molecule has 2 heterocycles. The summed E-state index contributed by atoms with van der Waals surface area (Å²) in [6, 6.07) is 9.70. The van der Waals surface area contributed by atoms with Crippen LogP contribution >= 0.6 is 11.6 Å². The number of halogens is 1. The van der Waals surface area contributed by atoms with Crippen molar-refractivity contribution in [3.8, 4) is 0 Å². The lowest BCUT2D eigenvalue weighted by atomic mass is 9.70. The van der Waals surface area contributed by atoms with Crippen molar-refractivity contribution >= 4 is 34.9 Å². The molecule has 0 spiro atoms. The molecule has 0 saturated heterocycles. The molecule has 4 rings (SSSR count). The van der Waals surface area contributed by atoms with E-state index in [0.29, 0.717) is 35.5 Å². The van der Waals surface area contributed by atoms with Gasteiger partial charge in [-0.1, -0.05) is 31.5 Å². The predicted octanol–water partition coefficient (Wildman–Crippen LogP) is 4.60. The van der Waals surface area contributed by atoms with Crippen LogP contribution in [0.2, 0.25) is 5.02 Å². The topological polar surface area (TPSA) is 87.6 Å². The van der Waals surface area contributed by atoms with Crippen molar-refractivity contribution in [3.63, 3.8) is 0 Å². The van der Waals surface area contributed by atoms with Crippen LogP contribution in [0.5, 0.6) is 0 Å². The molecule has 154 valence electrons. The fourth-order valence-corrected chi connectivity index (χ4v) is 4.55. The van der Waals surface area contributed by atoms with E-state index in [4.69, 9.17) is 11.6 Å². The first-order chi connectivity index (χ1) is 14.2. The van der Waals surface area contributed by atoms with E-state index in [1.54, 1.807) is 12.3 Å². The van der Waals surface area contributed by atoms with Gasteiger partial charge in [0.25, 0.3) is 0 Å². The third-order valence-corrected chi connectivity index (χ3v) is 5.94. The number of ketones is 1. The first-order valence-electron chi connectivity index (χ1n) is 9.71. The molecule has 0 saturated carbocycles. The molecular formula is C23H21ClN2O4. The fraction of sp³-hybridized carbons (Fsp3) is 0.304. The summed E-state index contributed by atoms with van der Waals surface area (Å²) in [6.07, 6.45) is 2.59. The molecule has 6 nitrogen and oxygen atoms in total. The molecule has 0 fully saturated rings. The first-order valence-corrected chi connectivity index (χ1v) is 10.1. The van der Waals surface area contributed by atoms with Crippen LogP contribution < -0.4 is 4.90 Å². The minimum atomic E-state index is -1.11. The molecule has 1 aromatic carbocycles. The number of carboxylic acids is 1. The molecule has 1 aliphatic heterocycles. The highest BCUT2D eigenvalue weighted by Crippen LogP contribution is 2.48. The zero-order valence-corrected chi connectivity index (χ0v) is 17.4. The number of anilines is 1. The van der Waals surface area contributed by atoms with Gasteiger partial charge in [0.15, 0.2) is 5.78 Å². The minimum Gasteiger partial charge on any atom is -0.478 e. The molecule has 0 bridgehead atoms. The van der Waals surface area contributed by atoms with Gasteiger partial charge in [0, 0.05) is 41.9 Å². The van der Waals surface area contributed by atoms with Gasteiger partial charge in [0.1, 0.15) is 0 Å². The van der Waals surface area contributed by atoms with Gasteiger partial charge in [0.05, 0.1) is 16.3 Å². The second kappa shape index (κ2) is 7.36. The highest BCUT2D eigenvalue weighted by molar-refractivity contribution is 6.34. The summed E-state index contributed by atoms with van der Waals surface area (Å²) in [5.41, 5.74) is 1.82. The molecule has 1 aromatic heterocycles. The minimum absolute atomic E-state index is 0.0140. The molecule has 2 aromatic rings. The number of nitrogens with zero attached hydrogens (tertiary/aromatic N) is 2. The van der Waals surface area contributed by atoms with E-state index in [2.05, 4.69) is 4.98 Å². The summed E-state index contributed by atoms with van der Waals surface area (Å²) in [4.78, 5) is 43.9. The Kier molecular flexibility index (Phi) is 4.98. The van der Waals surface area contributed by atoms with Gasteiger partial charge < -0.3 is 5.11 Å². The molecule has 1 unspecified atom stereocenters. The lowest BCUT2D eigenvalue weighted by molar-refractivity contribution is -0.121. The Balaban J connectivity index is 1.94. The van der Waals surface area contributed by atoms with E-state index in [1.807, 2.05) is 26.0 Å². The van der Waals surface area contributed by atoms with Crippen LogP contribution in [0.15, 0.2) is 53.9 Å². The van der Waals surface area contributed by atoms with Crippen molar-refractivity contribution in [2.24, 2.45) is 5.41 Å². The number of carboxylic acid groups (broad SMARTS) is 1. The molecule has 1 amide bonds. The van der Waals surface area contributed by atoms with Gasteiger partial charge in [-0.05, 0) is 42.2 Å². The first kappa shape index (κ1) is 20.3. The van der Waals surface area contributed by atoms with Gasteiger partial charge in [0.2, 0.25) is 5.91 Å². The van der Waals surface area contributed by atoms with E-state index in [0.717, 1.165) is 0 Å². The van der Waals surface area contributed by atoms with Gasteiger partial charge in [-0.3, -0.25) is 19.5 Å². The summed E-state index contributed by atoms with van der Waals surface area (Å²) >= 11 is 6.38. The SMILES string of the molecule is CC1(C)CC(=O)C2=C(C1)N(c1cc(C(=O)O)ccc1Cl)C(=O)CC2c1ccccn1. The van der Waals surface area contributed by atoms with Crippen molar-refractivity contribution < 1.29 is 19.5 Å². The average molecular weight is 425 g/mol. The predicted molar refractivity (Wildman–Crippen MR) is 113 cm³/mol. The molecular weight excluding hydrogens is 404 g/mol. The Morgan fingerprint density at radius 2 is 1.97 bits per heavy atom. The third-order valence-electron chi connectivity index (χ3n) is 5.62. The van der Waals surface area contributed by atoms with Crippen LogP contribution in [-0.4, -0.2) is 27.8 Å². The van der Waals surface area contributed by atoms with E-state index in [1.165, 1.54) is 23.1 Å². The van der Waals surface area contributed by atoms with Crippen LogP contribution in [0.25, 0.3) is 0 Å². The van der Waals surface area contributed by atoms with Crippen LogP contribution in [-0.2, 0) is 9.59 Å². The third kappa shape index (κ3) is 3.52. The number of benzene rings is 1. The molecule has 1 aliphatic carbocycles. The van der Waals surface area contributed by atoms with Crippen molar-refractivity contribution in [1.82, 2.24) is 4.98 Å². The molecule has 1 atom stereocenters. The fourth-order valence-electron chi connectivity index (χ4n) is 4.35. The smallest absolute Gasteiger partial charge is 0.335 e. The molecule has 1 N–H and O–H groups in total. The highest BCUT2D eigenvalue weighted by Gasteiger charge is 2.45. The quantitative estimate of drug-likeness (QED) is 0.778. The number of carbonyl (C=O) groups is 3. The number of aromatic carboxylic acids is 1. The van der Waals surface area contributed by atoms with E-state index < -0.39 is 11.9 Å². The summed E-state index contributed by atoms with van der Waals surface area (Å²) in [5, 5.41) is 9.65. The number of carbonyl (C=O) groups excluding carboxylic acids is 2. The largest absolute Gasteiger partial charge is 0.478 e. The lowest BCUT2D eigenvalue weighted by Crippen LogP contribution is -2.44. The van der Waals surface area contributed by atoms with Crippen LogP contribution in [0.4, 0.5) is 5.69 Å². The van der Waals surface area contributed by atoms with Crippen LogP contribution in [0, 0.1) is 5.41 Å². The Morgan fingerprint density at radius 3 is 2.63 bits per heavy atom. The highest BCUT2D eigenvalue weighted by atomic mass is 35.5. The van der Waals surface area contributed by atoms with Crippen molar-refractivity contribution in [3.05, 3.63) is 70.1 Å². The average Bonchev–Trinajstić information content (AvgIpc) is 2.67. The van der Waals surface area contributed by atoms with Crippen molar-refractivity contribution in [2.75, 3.05) is 4.90 Å². The second-order valence-corrected chi connectivity index (χ2v) is 8.92. The van der Waals surface area contributed by atoms with Crippen LogP contribution in [0.3, 0.4) is 0 Å². The zero-order chi connectivity index (χ0) is 21.6. The number of allylic oxidation sites excluding steroid dienone is 2. The number of pyridine rings is 1. The summed E-state index contributed by atoms with van der Waals surface area (Å²) in [7, 11) is 0. The van der Waals surface area contributed by atoms with Crippen LogP contribution in [0.1, 0.15) is 55.1 Å². The van der Waals surface area contributed by atoms with Gasteiger partial charge in [-0.2, -0.15) is 0 Å². The molecule has 0 radical (unpaired) electrons. The van der Waals surface area contributed by atoms with Crippen molar-refractivity contribution in [2.45, 2.75) is 39.0 Å². The summed E-state index contributed by atoms with van der Waals surface area (Å²) in [6.45, 7) is 3.97. The zero-order valence-electron chi connectivity index (χ0n) is 16.7. The van der Waals surface area contributed by atoms with E-state index in [-0.39, 0.29) is 34.1 Å². The monoisotopic (exact) mass is 424 g/mol. The number of rotatable bonds is 3.